The predicted molar refractivity (Wildman–Crippen MR) is 199 cm³/mol. The van der Waals surface area contributed by atoms with Crippen LogP contribution in [0.4, 0.5) is 17.3 Å². The first-order chi connectivity index (χ1) is 25.1. The number of pyridine rings is 3. The van der Waals surface area contributed by atoms with Crippen LogP contribution in [0.5, 0.6) is 0 Å². The minimum absolute atomic E-state index is 0.0119. The number of nitrogens with one attached hydrogen (secondary N) is 4. The highest BCUT2D eigenvalue weighted by molar-refractivity contribution is 6.00. The number of nitrogens with zero attached hydrogens (tertiary/aromatic N) is 3. The average molecular weight is 705 g/mol. The Labute approximate surface area is 301 Å². The standard InChI is InChI=1S/C38H56N8O5/c39-16-3-1-5-19-49-21-23-51-24-22-50-20-6-2-4-17-41-37(47)28-7-10-31(11-8-28)44-38(48)32-27-42-36(25-34(32)43-30-12-13-30)46-35-14-9-29-26-40-18-15-33(29)45-35/h9,14-15,18,25-28,30-31H,1-8,10-13,16-17,19-24,39H2,(H,41,47)(H,44,48)(H2,42,43,45,46)/t28-,31-. The lowest BCUT2D eigenvalue weighted by atomic mass is 9.85. The van der Waals surface area contributed by atoms with E-state index >= 15 is 0 Å². The zero-order valence-electron chi connectivity index (χ0n) is 29.9. The van der Waals surface area contributed by atoms with E-state index in [1.165, 1.54) is 0 Å². The van der Waals surface area contributed by atoms with E-state index in [2.05, 4.69) is 36.2 Å². The first kappa shape index (κ1) is 38.3. The summed E-state index contributed by atoms with van der Waals surface area (Å²) in [5.41, 5.74) is 7.60. The van der Waals surface area contributed by atoms with Crippen LogP contribution in [0.15, 0.2) is 42.9 Å². The first-order valence-corrected chi connectivity index (χ1v) is 18.9. The van der Waals surface area contributed by atoms with Crippen molar-refractivity contribution in [1.29, 1.82) is 0 Å². The van der Waals surface area contributed by atoms with Gasteiger partial charge in [-0.3, -0.25) is 14.6 Å². The molecule has 0 bridgehead atoms. The van der Waals surface area contributed by atoms with Gasteiger partial charge in [-0.05, 0) is 102 Å². The van der Waals surface area contributed by atoms with Gasteiger partial charge in [0.15, 0.2) is 0 Å². The zero-order valence-corrected chi connectivity index (χ0v) is 29.9. The third-order valence-electron chi connectivity index (χ3n) is 9.27. The van der Waals surface area contributed by atoms with Crippen molar-refractivity contribution >= 4 is 40.0 Å². The molecule has 0 atom stereocenters. The Morgan fingerprint density at radius 2 is 1.47 bits per heavy atom. The number of hydrogen-bond donors (Lipinski definition) is 5. The van der Waals surface area contributed by atoms with E-state index in [4.69, 9.17) is 19.9 Å². The average Bonchev–Trinajstić information content (AvgIpc) is 3.97. The predicted octanol–water partition coefficient (Wildman–Crippen LogP) is 5.10. The van der Waals surface area contributed by atoms with Gasteiger partial charge >= 0.3 is 0 Å². The summed E-state index contributed by atoms with van der Waals surface area (Å²) in [5, 5.41) is 14.0. The Balaban J connectivity index is 0.926. The van der Waals surface area contributed by atoms with Crippen LogP contribution in [0.3, 0.4) is 0 Å². The normalized spacial score (nSPS) is 17.3. The molecule has 51 heavy (non-hydrogen) atoms. The summed E-state index contributed by atoms with van der Waals surface area (Å²) in [6, 6.07) is 7.99. The van der Waals surface area contributed by atoms with Crippen molar-refractivity contribution in [2.24, 2.45) is 11.7 Å². The highest BCUT2D eigenvalue weighted by atomic mass is 16.5. The van der Waals surface area contributed by atoms with Crippen molar-refractivity contribution in [3.05, 3.63) is 48.4 Å². The van der Waals surface area contributed by atoms with Gasteiger partial charge in [0.2, 0.25) is 5.91 Å². The number of amides is 2. The Morgan fingerprint density at radius 1 is 0.765 bits per heavy atom. The second-order valence-corrected chi connectivity index (χ2v) is 13.5. The van der Waals surface area contributed by atoms with Gasteiger partial charge in [0.05, 0.1) is 43.2 Å². The summed E-state index contributed by atoms with van der Waals surface area (Å²) in [5.74, 6) is 1.24. The van der Waals surface area contributed by atoms with Gasteiger partial charge in [-0.25, -0.2) is 9.97 Å². The molecular weight excluding hydrogens is 648 g/mol. The van der Waals surface area contributed by atoms with Gasteiger partial charge in [0.1, 0.15) is 11.6 Å². The number of nitrogens with two attached hydrogens (primary N) is 1. The van der Waals surface area contributed by atoms with E-state index in [1.54, 1.807) is 18.6 Å². The molecule has 3 heterocycles. The molecule has 0 unspecified atom stereocenters. The number of unbranched alkanes of at least 4 members (excludes halogenated alkanes) is 4. The number of rotatable bonds is 24. The minimum atomic E-state index is -0.146. The molecule has 0 aromatic carbocycles. The largest absolute Gasteiger partial charge is 0.382 e. The van der Waals surface area contributed by atoms with Crippen LogP contribution in [0.25, 0.3) is 10.9 Å². The topological polar surface area (TPSA) is 175 Å². The number of fused-ring (bicyclic) bond motifs is 1. The second-order valence-electron chi connectivity index (χ2n) is 13.5. The van der Waals surface area contributed by atoms with E-state index < -0.39 is 0 Å². The van der Waals surface area contributed by atoms with Crippen LogP contribution in [-0.4, -0.2) is 91.6 Å². The molecule has 5 rings (SSSR count). The maximum absolute atomic E-state index is 13.4. The molecule has 2 aliphatic carbocycles. The Bertz CT molecular complexity index is 1500. The molecule has 13 heteroatoms. The molecule has 0 spiro atoms. The minimum Gasteiger partial charge on any atom is -0.382 e. The summed E-state index contributed by atoms with van der Waals surface area (Å²) in [6.45, 7) is 5.23. The maximum Gasteiger partial charge on any atom is 0.255 e. The molecule has 0 saturated heterocycles. The summed E-state index contributed by atoms with van der Waals surface area (Å²) < 4.78 is 16.7. The van der Waals surface area contributed by atoms with Gasteiger partial charge in [0.25, 0.3) is 5.91 Å². The molecule has 3 aromatic heterocycles. The molecule has 2 amide bonds. The Hall–Kier alpha value is -3.91. The number of carbonyl (C=O) groups is 2. The van der Waals surface area contributed by atoms with Crippen molar-refractivity contribution in [1.82, 2.24) is 25.6 Å². The molecule has 6 N–H and O–H groups in total. The highest BCUT2D eigenvalue weighted by Crippen LogP contribution is 2.30. The molecule has 3 aromatic rings. The van der Waals surface area contributed by atoms with Crippen LogP contribution >= 0.6 is 0 Å². The Kier molecular flexibility index (Phi) is 16.1. The van der Waals surface area contributed by atoms with Crippen LogP contribution < -0.4 is 27.0 Å². The summed E-state index contributed by atoms with van der Waals surface area (Å²) in [7, 11) is 0. The quantitative estimate of drug-likeness (QED) is 0.0786. The number of ether oxygens (including phenoxy) is 3. The van der Waals surface area contributed by atoms with Crippen LogP contribution in [0.1, 0.15) is 87.4 Å². The summed E-state index contributed by atoms with van der Waals surface area (Å²) in [6.07, 6.45) is 16.4. The van der Waals surface area contributed by atoms with Crippen molar-refractivity contribution in [3.63, 3.8) is 0 Å². The number of anilines is 3. The molecule has 278 valence electrons. The lowest BCUT2D eigenvalue weighted by Gasteiger charge is -2.28. The number of carbonyl (C=O) groups excluding carboxylic acids is 2. The summed E-state index contributed by atoms with van der Waals surface area (Å²) in [4.78, 5) is 39.6. The highest BCUT2D eigenvalue weighted by Gasteiger charge is 2.29. The van der Waals surface area contributed by atoms with E-state index in [0.717, 1.165) is 107 Å². The fraction of sp³-hybridized carbons (Fsp3) is 0.605. The second kappa shape index (κ2) is 21.5. The number of aromatic nitrogens is 3. The van der Waals surface area contributed by atoms with E-state index in [-0.39, 0.29) is 23.8 Å². The fourth-order valence-corrected chi connectivity index (χ4v) is 6.13. The Morgan fingerprint density at radius 3 is 2.20 bits per heavy atom. The fourth-order valence-electron chi connectivity index (χ4n) is 6.13. The molecule has 0 aliphatic heterocycles. The van der Waals surface area contributed by atoms with Crippen molar-refractivity contribution in [3.8, 4) is 0 Å². The van der Waals surface area contributed by atoms with E-state index in [9.17, 15) is 9.59 Å². The van der Waals surface area contributed by atoms with Gasteiger partial charge in [-0.1, -0.05) is 0 Å². The molecule has 13 nitrogen and oxygen atoms in total. The van der Waals surface area contributed by atoms with Gasteiger partial charge in [0, 0.05) is 67.8 Å². The maximum atomic E-state index is 13.4. The number of hydrogen-bond acceptors (Lipinski definition) is 11. The zero-order chi connectivity index (χ0) is 35.5. The molecular formula is C38H56N8O5. The smallest absolute Gasteiger partial charge is 0.255 e. The van der Waals surface area contributed by atoms with Crippen LogP contribution in [-0.2, 0) is 19.0 Å². The van der Waals surface area contributed by atoms with Crippen LogP contribution in [0.2, 0.25) is 0 Å². The van der Waals surface area contributed by atoms with Gasteiger partial charge in [-0.15, -0.1) is 0 Å². The molecule has 0 radical (unpaired) electrons. The monoisotopic (exact) mass is 704 g/mol. The van der Waals surface area contributed by atoms with Crippen LogP contribution in [0, 0.1) is 5.92 Å². The van der Waals surface area contributed by atoms with Gasteiger partial charge < -0.3 is 41.2 Å². The molecule has 2 aliphatic rings. The van der Waals surface area contributed by atoms with Crippen molar-refractivity contribution in [2.75, 3.05) is 63.4 Å². The lowest BCUT2D eigenvalue weighted by molar-refractivity contribution is -0.126. The van der Waals surface area contributed by atoms with E-state index in [1.807, 2.05) is 24.3 Å². The third-order valence-corrected chi connectivity index (χ3v) is 9.27. The van der Waals surface area contributed by atoms with Crippen molar-refractivity contribution < 1.29 is 23.8 Å². The SMILES string of the molecule is NCCCCCOCCOCCOCCCCCNC(=O)[C@H]1CC[C@H](NC(=O)c2cnc(Nc3ccc4cnccc4n3)cc2NC2CC2)CC1. The third kappa shape index (κ3) is 13.6. The van der Waals surface area contributed by atoms with Gasteiger partial charge in [-0.2, -0.15) is 0 Å². The molecule has 2 fully saturated rings. The molecule has 2 saturated carbocycles. The first-order valence-electron chi connectivity index (χ1n) is 18.9. The van der Waals surface area contributed by atoms with Crippen molar-refractivity contribution in [2.45, 2.75) is 89.1 Å². The lowest BCUT2D eigenvalue weighted by Crippen LogP contribution is -2.41. The summed E-state index contributed by atoms with van der Waals surface area (Å²) >= 11 is 0. The van der Waals surface area contributed by atoms with E-state index in [0.29, 0.717) is 62.8 Å².